The summed E-state index contributed by atoms with van der Waals surface area (Å²) in [7, 11) is -19.4. The fourth-order valence-electron chi connectivity index (χ4n) is 0. The molecule has 22 heteroatoms. The van der Waals surface area contributed by atoms with Crippen LogP contribution in [0.4, 0.5) is 20.5 Å². The molecule has 0 rings (SSSR count). The van der Waals surface area contributed by atoms with Crippen molar-refractivity contribution in [1.29, 1.82) is 0 Å². The van der Waals surface area contributed by atoms with Gasteiger partial charge in [0, 0.05) is 0 Å². The molecule has 120 valence electrons. The smallest absolute Gasteiger partial charge is 0.560 e. The molecule has 0 spiro atoms. The van der Waals surface area contributed by atoms with Crippen LogP contribution in [0.2, 0.25) is 0 Å². The average molecular weight is 462 g/mol. The van der Waals surface area contributed by atoms with Crippen molar-refractivity contribution >= 4 is 101 Å². The van der Waals surface area contributed by atoms with Crippen LogP contribution in [0.3, 0.4) is 0 Å². The number of rotatable bonds is 0. The molecule has 0 aliphatic rings. The van der Waals surface area contributed by atoms with Gasteiger partial charge in [-0.2, -0.15) is 0 Å². The topological polar surface area (TPSA) is 201 Å². The molecule has 0 saturated heterocycles. The minimum atomic E-state index is -3.88. The molecule has 0 aromatic rings. The molecule has 22 heavy (non-hydrogen) atoms. The van der Waals surface area contributed by atoms with Gasteiger partial charge in [-0.1, -0.05) is 0 Å². The molecule has 0 bridgehead atoms. The Kier molecular flexibility index (Phi) is 74.1. The van der Waals surface area contributed by atoms with E-state index in [0.717, 1.165) is 0 Å². The second-order valence-corrected chi connectivity index (χ2v) is 3.56. The first kappa shape index (κ1) is 43.3. The van der Waals surface area contributed by atoms with Crippen LogP contribution in [-0.2, 0) is 22.3 Å². The van der Waals surface area contributed by atoms with Crippen molar-refractivity contribution in [2.75, 3.05) is 0 Å². The van der Waals surface area contributed by atoms with Crippen LogP contribution in [-0.4, -0.2) is 101 Å². The van der Waals surface area contributed by atoms with Gasteiger partial charge in [-0.3, -0.25) is 20.5 Å². The number of hydrogen-bond donors (Lipinski definition) is 0. The van der Waals surface area contributed by atoms with Crippen molar-refractivity contribution in [1.82, 2.24) is 0 Å². The fraction of sp³-hybridized carbons (Fsp3) is 0. The molecular weight excluding hydrogens is 462 g/mol. The minimum absolute atomic E-state index is 0. The van der Waals surface area contributed by atoms with Crippen LogP contribution in [0.15, 0.2) is 0 Å². The summed E-state index contributed by atoms with van der Waals surface area (Å²) in [5, 5.41) is 0. The first-order valence-corrected chi connectivity index (χ1v) is 8.96. The average Bonchev–Trinajstić information content (AvgIpc) is 1.94. The third kappa shape index (κ3) is 28200. The van der Waals surface area contributed by atoms with Crippen LogP contribution in [0.5, 0.6) is 0 Å². The van der Waals surface area contributed by atoms with E-state index in [2.05, 4.69) is 0 Å². The summed E-state index contributed by atoms with van der Waals surface area (Å²) in [5.74, 6) is 0. The first-order chi connectivity index (χ1) is 8.66. The quantitative estimate of drug-likeness (QED) is 0.189. The van der Waals surface area contributed by atoms with Gasteiger partial charge in [0.15, 0.2) is 0 Å². The van der Waals surface area contributed by atoms with Gasteiger partial charge in [-0.25, -0.2) is 0 Å². The number of hydrogen-bond acceptors (Lipinski definition) is 10. The maximum absolute atomic E-state index is 9.99. The predicted molar refractivity (Wildman–Crippen MR) is 49.3 cm³/mol. The molecule has 0 atom stereocenters. The van der Waals surface area contributed by atoms with Gasteiger partial charge in [-0.15, -0.1) is 0 Å². The molecule has 0 N–H and O–H groups in total. The molecular formula is AlCaF5O10Si5. The Balaban J connectivity index is -0.0000000250. The molecule has 0 unspecified atom stereocenters. The Morgan fingerprint density at radius 2 is 0.455 bits per heavy atom. The van der Waals surface area contributed by atoms with Crippen molar-refractivity contribution in [3.8, 4) is 0 Å². The van der Waals surface area contributed by atoms with Crippen LogP contribution in [0.25, 0.3) is 0 Å². The van der Waals surface area contributed by atoms with Gasteiger partial charge in [0.1, 0.15) is 0 Å². The maximum Gasteiger partial charge on any atom is 3.00 e. The fourth-order valence-corrected chi connectivity index (χ4v) is 0. The molecule has 0 heterocycles. The van der Waals surface area contributed by atoms with E-state index < -0.39 is 46.3 Å². The number of halogens is 5. The van der Waals surface area contributed by atoms with Crippen molar-refractivity contribution in [3.05, 3.63) is 0 Å². The predicted octanol–water partition coefficient (Wildman–Crippen LogP) is -7.10. The van der Waals surface area contributed by atoms with Gasteiger partial charge in [0.2, 0.25) is 0 Å². The molecule has 0 saturated carbocycles. The maximum atomic E-state index is 9.99. The van der Waals surface area contributed by atoms with E-state index in [-0.39, 0.29) is 55.1 Å². The molecule has 0 amide bonds. The van der Waals surface area contributed by atoms with Crippen LogP contribution in [0.1, 0.15) is 0 Å². The van der Waals surface area contributed by atoms with Gasteiger partial charge in [0.25, 0.3) is 0 Å². The monoisotopic (exact) mass is 462 g/mol. The summed E-state index contributed by atoms with van der Waals surface area (Å²) < 4.78 is 92.0. The van der Waals surface area contributed by atoms with Crippen LogP contribution >= 0.6 is 0 Å². The van der Waals surface area contributed by atoms with Crippen LogP contribution < -0.4 is 24.0 Å². The first-order valence-electron chi connectivity index (χ1n) is 2.99. The third-order valence-electron chi connectivity index (χ3n) is 0. The van der Waals surface area contributed by atoms with E-state index in [4.69, 9.17) is 46.3 Å². The third-order valence-corrected chi connectivity index (χ3v) is 0. The summed E-state index contributed by atoms with van der Waals surface area (Å²) >= 11 is 0. The van der Waals surface area contributed by atoms with Crippen molar-refractivity contribution in [2.45, 2.75) is 0 Å². The normalized spacial score (nSPS) is 5.68. The van der Waals surface area contributed by atoms with Crippen LogP contribution in [0, 0.1) is 0 Å². The zero-order chi connectivity index (χ0) is 17.9. The van der Waals surface area contributed by atoms with Gasteiger partial charge in [-0.05, 0) is 0 Å². The van der Waals surface area contributed by atoms with Crippen molar-refractivity contribution < 1.29 is 66.8 Å². The Bertz CT molecular complexity index is 226. The van der Waals surface area contributed by atoms with Crippen molar-refractivity contribution in [2.24, 2.45) is 0 Å². The van der Waals surface area contributed by atoms with Gasteiger partial charge >= 0.3 is 101 Å². The Hall–Kier alpha value is 0.527. The van der Waals surface area contributed by atoms with Gasteiger partial charge in [0.05, 0.1) is 0 Å². The molecule has 0 aliphatic heterocycles. The largest absolute Gasteiger partial charge is 3.00 e. The summed E-state index contributed by atoms with van der Waals surface area (Å²) in [6, 6.07) is 0. The zero-order valence-electron chi connectivity index (χ0n) is 9.76. The van der Waals surface area contributed by atoms with E-state index in [1.807, 2.05) is 0 Å². The minimum Gasteiger partial charge on any atom is -0.560 e. The molecule has 0 aromatic heterocycles. The molecule has 10 nitrogen and oxygen atoms in total. The summed E-state index contributed by atoms with van der Waals surface area (Å²) in [4.78, 5) is 42.0. The van der Waals surface area contributed by atoms with E-state index in [9.17, 15) is 20.5 Å². The standard InChI is InChI=1S/Al.Ca.5FO2Si/c;;5*1-4(2)3/q+3;+2;5*-1. The van der Waals surface area contributed by atoms with E-state index in [0.29, 0.717) is 0 Å². The van der Waals surface area contributed by atoms with E-state index in [1.54, 1.807) is 0 Å². The summed E-state index contributed by atoms with van der Waals surface area (Å²) in [5.41, 5.74) is 0. The molecule has 0 aliphatic carbocycles. The Labute approximate surface area is 167 Å². The molecule has 0 fully saturated rings. The van der Waals surface area contributed by atoms with E-state index >= 15 is 0 Å². The second-order valence-electron chi connectivity index (χ2n) is 1.19. The zero-order valence-corrected chi connectivity index (χ0v) is 18.1. The van der Waals surface area contributed by atoms with Crippen molar-refractivity contribution in [3.63, 3.8) is 0 Å². The molecule has 0 radical (unpaired) electrons. The summed E-state index contributed by atoms with van der Waals surface area (Å²) in [6.45, 7) is 0. The molecule has 0 aromatic carbocycles. The Morgan fingerprint density at radius 3 is 0.455 bits per heavy atom. The van der Waals surface area contributed by atoms with Gasteiger partial charge < -0.3 is 46.3 Å². The van der Waals surface area contributed by atoms with E-state index in [1.165, 1.54) is 0 Å². The SMILES string of the molecule is O=[Si]([O-])F.O=[Si]([O-])F.O=[Si]([O-])F.O=[Si]([O-])F.O=[Si]([O-])F.[Al+3].[Ca+2]. The Morgan fingerprint density at radius 1 is 0.455 bits per heavy atom. The second kappa shape index (κ2) is 37.6. The summed E-state index contributed by atoms with van der Waals surface area (Å²) in [6.07, 6.45) is 0.